The van der Waals surface area contributed by atoms with E-state index in [1.807, 2.05) is 18.2 Å². The van der Waals surface area contributed by atoms with Crippen LogP contribution >= 0.6 is 0 Å². The van der Waals surface area contributed by atoms with Gasteiger partial charge in [0.15, 0.2) is 11.6 Å². The third-order valence-corrected chi connectivity index (χ3v) is 5.60. The second-order valence-corrected chi connectivity index (χ2v) is 7.51. The van der Waals surface area contributed by atoms with Gasteiger partial charge in [-0.3, -0.25) is 19.8 Å². The number of amides is 1. The number of carbonyl (C=O) groups is 2. The number of aliphatic imine (C=N–C) groups is 1. The van der Waals surface area contributed by atoms with Gasteiger partial charge in [-0.05, 0) is 30.2 Å². The summed E-state index contributed by atoms with van der Waals surface area (Å²) in [5, 5.41) is 21.1. The minimum atomic E-state index is -1.78. The maximum atomic E-state index is 13.0. The summed E-state index contributed by atoms with van der Waals surface area (Å²) in [6.45, 7) is 5.38. The van der Waals surface area contributed by atoms with Gasteiger partial charge in [-0.15, -0.1) is 0 Å². The number of carboxylic acids is 1. The number of carboxylic acid groups (broad SMARTS) is 1. The van der Waals surface area contributed by atoms with E-state index >= 15 is 0 Å². The van der Waals surface area contributed by atoms with Crippen LogP contribution in [0.4, 0.5) is 5.69 Å². The number of nitrogens with zero attached hydrogens (tertiary/aromatic N) is 3. The predicted octanol–water partition coefficient (Wildman–Crippen LogP) is 2.55. The molecular formula is C22H19N3O6. The van der Waals surface area contributed by atoms with Gasteiger partial charge in [-0.2, -0.15) is 0 Å². The Balaban J connectivity index is 1.66. The van der Waals surface area contributed by atoms with Crippen molar-refractivity contribution >= 4 is 23.5 Å². The fourth-order valence-corrected chi connectivity index (χ4v) is 3.92. The molecule has 4 rings (SSSR count). The molecule has 0 radical (unpaired) electrons. The van der Waals surface area contributed by atoms with Gasteiger partial charge in [-0.1, -0.05) is 36.9 Å². The van der Waals surface area contributed by atoms with Gasteiger partial charge in [0.1, 0.15) is 0 Å². The molecule has 31 heavy (non-hydrogen) atoms. The predicted molar refractivity (Wildman–Crippen MR) is 110 cm³/mol. The Morgan fingerprint density at radius 1 is 1.26 bits per heavy atom. The van der Waals surface area contributed by atoms with E-state index in [1.54, 1.807) is 12.1 Å². The van der Waals surface area contributed by atoms with E-state index in [-0.39, 0.29) is 23.6 Å². The number of nitro groups is 1. The topological polar surface area (TPSA) is 122 Å². The van der Waals surface area contributed by atoms with Crippen molar-refractivity contribution < 1.29 is 24.4 Å². The summed E-state index contributed by atoms with van der Waals surface area (Å²) < 4.78 is 5.89. The molecule has 2 aliphatic heterocycles. The lowest BCUT2D eigenvalue weighted by molar-refractivity contribution is -0.384. The summed E-state index contributed by atoms with van der Waals surface area (Å²) in [4.78, 5) is 41.3. The van der Waals surface area contributed by atoms with Crippen LogP contribution in [-0.2, 0) is 20.7 Å². The summed E-state index contributed by atoms with van der Waals surface area (Å²) in [6, 6.07) is 13.8. The number of nitro benzene ring substituents is 1. The summed E-state index contributed by atoms with van der Waals surface area (Å²) in [5.41, 5.74) is -0.455. The number of carbonyl (C=O) groups excluding carboxylic acids is 1. The standard InChI is InChI=1S/C22H19N3O6/c1-13(2)22(21(27)28,12-14-8-10-16(11-9-14)25(29)30)24-19(26)17-20(24)31-18(23-17)15-6-4-3-5-7-15/h3-11,17,20H,1,12H2,2H3,(H,27,28)/t17-,20-,22+/m0/s1. The summed E-state index contributed by atoms with van der Waals surface area (Å²) in [5.74, 6) is -1.45. The average Bonchev–Trinajstić information content (AvgIpc) is 3.13. The normalized spacial score (nSPS) is 21.3. The van der Waals surface area contributed by atoms with Crippen molar-refractivity contribution in [2.45, 2.75) is 31.2 Å². The van der Waals surface area contributed by atoms with Gasteiger partial charge in [0.05, 0.1) is 4.92 Å². The van der Waals surface area contributed by atoms with Crippen LogP contribution in [-0.4, -0.2) is 50.5 Å². The molecule has 0 aromatic heterocycles. The van der Waals surface area contributed by atoms with Crippen LogP contribution in [0.25, 0.3) is 0 Å². The largest absolute Gasteiger partial charge is 0.479 e. The quantitative estimate of drug-likeness (QED) is 0.317. The molecule has 1 fully saturated rings. The first-order valence-electron chi connectivity index (χ1n) is 9.51. The number of likely N-dealkylation sites (tertiary alicyclic amines) is 1. The molecule has 0 bridgehead atoms. The van der Waals surface area contributed by atoms with E-state index in [0.29, 0.717) is 11.1 Å². The van der Waals surface area contributed by atoms with Gasteiger partial charge in [0.2, 0.25) is 12.1 Å². The molecule has 0 spiro atoms. The molecule has 1 amide bonds. The smallest absolute Gasteiger partial charge is 0.334 e. The Kier molecular flexibility index (Phi) is 4.81. The maximum absolute atomic E-state index is 13.0. The van der Waals surface area contributed by atoms with Crippen LogP contribution in [0.3, 0.4) is 0 Å². The van der Waals surface area contributed by atoms with Crippen LogP contribution in [0, 0.1) is 10.1 Å². The van der Waals surface area contributed by atoms with E-state index in [4.69, 9.17) is 4.74 Å². The highest BCUT2D eigenvalue weighted by Crippen LogP contribution is 2.42. The molecule has 0 saturated carbocycles. The zero-order valence-electron chi connectivity index (χ0n) is 16.6. The van der Waals surface area contributed by atoms with Crippen molar-refractivity contribution in [3.8, 4) is 0 Å². The van der Waals surface area contributed by atoms with Gasteiger partial charge < -0.3 is 9.84 Å². The Labute approximate surface area is 177 Å². The SMILES string of the molecule is C=C(C)[C@](Cc1ccc([N+](=O)[O-])cc1)(C(=O)O)N1C(=O)[C@@H]2N=C(c3ccccc3)O[C@@H]21. The number of benzene rings is 2. The first kappa shape index (κ1) is 20.3. The molecule has 2 aromatic rings. The lowest BCUT2D eigenvalue weighted by Gasteiger charge is -2.51. The lowest BCUT2D eigenvalue weighted by atomic mass is 9.79. The highest BCUT2D eigenvalue weighted by atomic mass is 16.6. The molecule has 1 N–H and O–H groups in total. The molecule has 9 heteroatoms. The van der Waals surface area contributed by atoms with E-state index in [2.05, 4.69) is 11.6 Å². The Hall–Kier alpha value is -4.01. The molecule has 2 aromatic carbocycles. The van der Waals surface area contributed by atoms with Gasteiger partial charge in [0.25, 0.3) is 11.6 Å². The Morgan fingerprint density at radius 3 is 2.45 bits per heavy atom. The average molecular weight is 421 g/mol. The van der Waals surface area contributed by atoms with Crippen molar-refractivity contribution in [2.24, 2.45) is 4.99 Å². The van der Waals surface area contributed by atoms with Crippen molar-refractivity contribution in [1.29, 1.82) is 0 Å². The Morgan fingerprint density at radius 2 is 1.90 bits per heavy atom. The van der Waals surface area contributed by atoms with E-state index in [1.165, 1.54) is 36.1 Å². The molecule has 0 aliphatic carbocycles. The van der Waals surface area contributed by atoms with Crippen LogP contribution in [0.1, 0.15) is 18.1 Å². The fourth-order valence-electron chi connectivity index (χ4n) is 3.92. The third-order valence-electron chi connectivity index (χ3n) is 5.60. The van der Waals surface area contributed by atoms with Crippen molar-refractivity contribution in [2.75, 3.05) is 0 Å². The monoisotopic (exact) mass is 421 g/mol. The molecule has 158 valence electrons. The van der Waals surface area contributed by atoms with E-state index < -0.39 is 34.6 Å². The highest BCUT2D eigenvalue weighted by molar-refractivity contribution is 6.04. The maximum Gasteiger partial charge on any atom is 0.334 e. The third kappa shape index (κ3) is 3.14. The molecule has 1 saturated heterocycles. The number of β-lactam (4-membered cyclic amide) rings is 1. The molecular weight excluding hydrogens is 402 g/mol. The van der Waals surface area contributed by atoms with Gasteiger partial charge in [0, 0.05) is 24.1 Å². The summed E-state index contributed by atoms with van der Waals surface area (Å²) >= 11 is 0. The fraction of sp³-hybridized carbons (Fsp3) is 0.227. The van der Waals surface area contributed by atoms with Crippen LogP contribution < -0.4 is 0 Å². The van der Waals surface area contributed by atoms with Gasteiger partial charge >= 0.3 is 5.97 Å². The number of aliphatic carboxylic acids is 1. The molecule has 9 nitrogen and oxygen atoms in total. The first-order chi connectivity index (χ1) is 14.8. The van der Waals surface area contributed by atoms with Crippen molar-refractivity contribution in [3.05, 3.63) is 88.0 Å². The number of fused-ring (bicyclic) bond motifs is 1. The molecule has 0 unspecified atom stereocenters. The summed E-state index contributed by atoms with van der Waals surface area (Å²) in [6.07, 6.45) is -0.983. The van der Waals surface area contributed by atoms with Crippen molar-refractivity contribution in [1.82, 2.24) is 4.90 Å². The second kappa shape index (κ2) is 7.35. The number of non-ortho nitro benzene ring substituents is 1. The van der Waals surface area contributed by atoms with Crippen LogP contribution in [0.5, 0.6) is 0 Å². The zero-order valence-corrected chi connectivity index (χ0v) is 16.6. The summed E-state index contributed by atoms with van der Waals surface area (Å²) in [7, 11) is 0. The van der Waals surface area contributed by atoms with Crippen molar-refractivity contribution in [3.63, 3.8) is 0 Å². The minimum Gasteiger partial charge on any atom is -0.479 e. The number of hydrogen-bond acceptors (Lipinski definition) is 6. The molecule has 3 atom stereocenters. The molecule has 2 heterocycles. The van der Waals surface area contributed by atoms with Crippen LogP contribution in [0.15, 0.2) is 71.7 Å². The number of hydrogen-bond donors (Lipinski definition) is 1. The second-order valence-electron chi connectivity index (χ2n) is 7.51. The zero-order chi connectivity index (χ0) is 22.3. The number of rotatable bonds is 7. The van der Waals surface area contributed by atoms with Crippen LogP contribution in [0.2, 0.25) is 0 Å². The van der Waals surface area contributed by atoms with E-state index in [0.717, 1.165) is 0 Å². The first-order valence-corrected chi connectivity index (χ1v) is 9.51. The minimum absolute atomic E-state index is 0.111. The Bertz CT molecular complexity index is 1100. The number of ether oxygens (including phenoxy) is 1. The lowest BCUT2D eigenvalue weighted by Crippen LogP contribution is -2.74. The van der Waals surface area contributed by atoms with Gasteiger partial charge in [-0.25, -0.2) is 9.79 Å². The highest BCUT2D eigenvalue weighted by Gasteiger charge is 2.64. The molecule has 2 aliphatic rings. The van der Waals surface area contributed by atoms with E-state index in [9.17, 15) is 24.8 Å².